The van der Waals surface area contributed by atoms with Crippen molar-refractivity contribution in [2.24, 2.45) is 0 Å². The highest BCUT2D eigenvalue weighted by Crippen LogP contribution is 2.44. The van der Waals surface area contributed by atoms with Gasteiger partial charge in [0, 0.05) is 50.0 Å². The summed E-state index contributed by atoms with van der Waals surface area (Å²) in [4.78, 5) is 17.2. The zero-order valence-electron chi connectivity index (χ0n) is 27.3. The van der Waals surface area contributed by atoms with Gasteiger partial charge in [-0.3, -0.25) is 0 Å². The Bertz CT molecular complexity index is 2810. The summed E-state index contributed by atoms with van der Waals surface area (Å²) in [6.07, 6.45) is 0. The van der Waals surface area contributed by atoms with Gasteiger partial charge in [-0.25, -0.2) is 15.0 Å². The molecule has 0 saturated carbocycles. The molecule has 6 heteroatoms. The van der Waals surface area contributed by atoms with Crippen molar-refractivity contribution in [3.63, 3.8) is 0 Å². The first-order valence-corrected chi connectivity index (χ1v) is 16.9. The molecule has 6 nitrogen and oxygen atoms in total. The number of anilines is 3. The van der Waals surface area contributed by atoms with Crippen molar-refractivity contribution in [3.05, 3.63) is 170 Å². The van der Waals surface area contributed by atoms with Gasteiger partial charge in [-0.1, -0.05) is 121 Å². The minimum absolute atomic E-state index is 0.586. The van der Waals surface area contributed by atoms with Crippen molar-refractivity contribution in [1.29, 1.82) is 0 Å². The third-order valence-electron chi connectivity index (χ3n) is 9.32. The minimum Gasteiger partial charge on any atom is -0.456 e. The SMILES string of the molecule is c1ccc(-c2nc(-c3ccccc3)nc(-c3cccc4oc5cc(N(c6ccccc6)c6cccc7c6oc6ccccc67)ccc5c34)n2)cc1. The first-order chi connectivity index (χ1) is 25.3. The van der Waals surface area contributed by atoms with E-state index in [1.807, 2.05) is 97.1 Å². The van der Waals surface area contributed by atoms with Crippen LogP contribution in [0.1, 0.15) is 0 Å². The summed E-state index contributed by atoms with van der Waals surface area (Å²) < 4.78 is 13.1. The number of hydrogen-bond donors (Lipinski definition) is 0. The van der Waals surface area contributed by atoms with Crippen LogP contribution in [0.25, 0.3) is 78.0 Å². The summed E-state index contributed by atoms with van der Waals surface area (Å²) in [6, 6.07) is 57.3. The number of hydrogen-bond acceptors (Lipinski definition) is 6. The third-order valence-corrected chi connectivity index (χ3v) is 9.32. The van der Waals surface area contributed by atoms with Gasteiger partial charge in [-0.15, -0.1) is 0 Å². The Morgan fingerprint density at radius 2 is 1.00 bits per heavy atom. The lowest BCUT2D eigenvalue weighted by atomic mass is 10.0. The third kappa shape index (κ3) is 4.92. The van der Waals surface area contributed by atoms with E-state index in [1.54, 1.807) is 0 Å². The normalized spacial score (nSPS) is 11.5. The van der Waals surface area contributed by atoms with Gasteiger partial charge in [0.2, 0.25) is 0 Å². The first kappa shape index (κ1) is 28.9. The van der Waals surface area contributed by atoms with E-state index in [4.69, 9.17) is 23.8 Å². The predicted molar refractivity (Wildman–Crippen MR) is 205 cm³/mol. The van der Waals surface area contributed by atoms with Crippen LogP contribution < -0.4 is 4.90 Å². The summed E-state index contributed by atoms with van der Waals surface area (Å²) >= 11 is 0. The molecule has 3 aromatic heterocycles. The molecule has 0 aliphatic carbocycles. The van der Waals surface area contributed by atoms with Crippen LogP contribution in [0.15, 0.2) is 179 Å². The number of furan rings is 2. The highest BCUT2D eigenvalue weighted by molar-refractivity contribution is 6.13. The number of para-hydroxylation sites is 3. The summed E-state index contributed by atoms with van der Waals surface area (Å²) in [5, 5.41) is 4.09. The second-order valence-corrected chi connectivity index (χ2v) is 12.4. The van der Waals surface area contributed by atoms with Crippen LogP contribution in [0.2, 0.25) is 0 Å². The van der Waals surface area contributed by atoms with Gasteiger partial charge in [0.1, 0.15) is 16.7 Å². The van der Waals surface area contributed by atoms with Crippen LogP contribution in [0.3, 0.4) is 0 Å². The molecule has 10 aromatic rings. The Hall–Kier alpha value is -7.05. The van der Waals surface area contributed by atoms with Crippen molar-refractivity contribution in [1.82, 2.24) is 15.0 Å². The molecule has 0 bridgehead atoms. The van der Waals surface area contributed by atoms with E-state index in [-0.39, 0.29) is 0 Å². The molecule has 0 N–H and O–H groups in total. The molecule has 0 spiro atoms. The Morgan fingerprint density at radius 3 is 1.75 bits per heavy atom. The maximum Gasteiger partial charge on any atom is 0.164 e. The van der Waals surface area contributed by atoms with Gasteiger partial charge in [-0.2, -0.15) is 0 Å². The molecule has 240 valence electrons. The molecule has 0 aliphatic rings. The Balaban J connectivity index is 1.16. The number of fused-ring (bicyclic) bond motifs is 6. The lowest BCUT2D eigenvalue weighted by Crippen LogP contribution is -2.10. The van der Waals surface area contributed by atoms with Crippen LogP contribution in [0.4, 0.5) is 17.1 Å². The maximum absolute atomic E-state index is 6.62. The first-order valence-electron chi connectivity index (χ1n) is 16.9. The van der Waals surface area contributed by atoms with Crippen LogP contribution in [-0.2, 0) is 0 Å². The van der Waals surface area contributed by atoms with E-state index in [1.165, 1.54) is 0 Å². The number of benzene rings is 7. The lowest BCUT2D eigenvalue weighted by molar-refractivity contribution is 0.667. The maximum atomic E-state index is 6.62. The molecule has 0 radical (unpaired) electrons. The van der Waals surface area contributed by atoms with Crippen molar-refractivity contribution in [3.8, 4) is 34.2 Å². The van der Waals surface area contributed by atoms with Crippen LogP contribution in [0, 0.1) is 0 Å². The molecule has 10 rings (SSSR count). The van der Waals surface area contributed by atoms with Crippen molar-refractivity contribution >= 4 is 60.9 Å². The fourth-order valence-electron chi connectivity index (χ4n) is 6.98. The van der Waals surface area contributed by atoms with E-state index in [9.17, 15) is 0 Å². The topological polar surface area (TPSA) is 68.2 Å². The van der Waals surface area contributed by atoms with Gasteiger partial charge in [0.25, 0.3) is 0 Å². The van der Waals surface area contributed by atoms with Crippen molar-refractivity contribution in [2.45, 2.75) is 0 Å². The van der Waals surface area contributed by atoms with Gasteiger partial charge < -0.3 is 13.7 Å². The molecule has 7 aromatic carbocycles. The Labute approximate surface area is 292 Å². The van der Waals surface area contributed by atoms with Crippen LogP contribution in [0.5, 0.6) is 0 Å². The molecule has 0 unspecified atom stereocenters. The fraction of sp³-hybridized carbons (Fsp3) is 0. The molecule has 3 heterocycles. The van der Waals surface area contributed by atoms with E-state index in [2.05, 4.69) is 77.7 Å². The number of rotatable bonds is 6. The van der Waals surface area contributed by atoms with E-state index < -0.39 is 0 Å². The van der Waals surface area contributed by atoms with E-state index >= 15 is 0 Å². The second kappa shape index (κ2) is 11.8. The number of aromatic nitrogens is 3. The quantitative estimate of drug-likeness (QED) is 0.177. The molecular formula is C45H28N4O2. The zero-order chi connectivity index (χ0) is 33.7. The Morgan fingerprint density at radius 1 is 0.392 bits per heavy atom. The van der Waals surface area contributed by atoms with Crippen LogP contribution >= 0.6 is 0 Å². The minimum atomic E-state index is 0.586. The smallest absolute Gasteiger partial charge is 0.164 e. The molecule has 51 heavy (non-hydrogen) atoms. The summed E-state index contributed by atoms with van der Waals surface area (Å²) in [5.41, 5.74) is 8.82. The summed E-state index contributed by atoms with van der Waals surface area (Å²) in [6.45, 7) is 0. The molecule has 0 fully saturated rings. The summed E-state index contributed by atoms with van der Waals surface area (Å²) in [5.74, 6) is 1.82. The van der Waals surface area contributed by atoms with Gasteiger partial charge >= 0.3 is 0 Å². The summed E-state index contributed by atoms with van der Waals surface area (Å²) in [7, 11) is 0. The van der Waals surface area contributed by atoms with Gasteiger partial charge in [0.15, 0.2) is 23.1 Å². The van der Waals surface area contributed by atoms with E-state index in [0.29, 0.717) is 17.5 Å². The van der Waals surface area contributed by atoms with Crippen LogP contribution in [-0.4, -0.2) is 15.0 Å². The lowest BCUT2D eigenvalue weighted by Gasteiger charge is -2.25. The fourth-order valence-corrected chi connectivity index (χ4v) is 6.98. The molecule has 0 aliphatic heterocycles. The van der Waals surface area contributed by atoms with E-state index in [0.717, 1.165) is 77.6 Å². The molecule has 0 atom stereocenters. The largest absolute Gasteiger partial charge is 0.456 e. The molecule has 0 saturated heterocycles. The van der Waals surface area contributed by atoms with Gasteiger partial charge in [-0.05, 0) is 42.5 Å². The highest BCUT2D eigenvalue weighted by atomic mass is 16.3. The zero-order valence-corrected chi connectivity index (χ0v) is 27.3. The van der Waals surface area contributed by atoms with Crippen molar-refractivity contribution in [2.75, 3.05) is 4.90 Å². The van der Waals surface area contributed by atoms with Gasteiger partial charge in [0.05, 0.1) is 11.4 Å². The Kier molecular flexibility index (Phi) is 6.70. The monoisotopic (exact) mass is 656 g/mol. The molecular weight excluding hydrogens is 629 g/mol. The average Bonchev–Trinajstić information content (AvgIpc) is 3.78. The number of nitrogens with zero attached hydrogens (tertiary/aromatic N) is 4. The molecule has 0 amide bonds. The highest BCUT2D eigenvalue weighted by Gasteiger charge is 2.22. The average molecular weight is 657 g/mol. The standard InChI is InChI=1S/C45H28N4O2/c1-4-14-29(15-5-1)43-46-44(30-16-6-2-7-17-30)48-45(47-43)36-22-13-25-39-41(36)35-27-26-32(28-40(35)50-39)49(31-18-8-3-9-19-31)37-23-12-21-34-33-20-10-11-24-38(33)51-42(34)37/h1-28H. The van der Waals surface area contributed by atoms with Crippen molar-refractivity contribution < 1.29 is 8.83 Å². The predicted octanol–water partition coefficient (Wildman–Crippen LogP) is 12.1. The second-order valence-electron chi connectivity index (χ2n) is 12.4.